The SMILES string of the molecule is CN.NCc1csc(CCC(=O)O)n1. The molecule has 14 heavy (non-hydrogen) atoms. The average Bonchev–Trinajstić information content (AvgIpc) is 2.65. The normalized spacial score (nSPS) is 9.07. The minimum Gasteiger partial charge on any atom is -0.481 e. The van der Waals surface area contributed by atoms with Gasteiger partial charge in [-0.3, -0.25) is 4.79 Å². The predicted octanol–water partition coefficient (Wildman–Crippen LogP) is 0.194. The van der Waals surface area contributed by atoms with Gasteiger partial charge in [-0.1, -0.05) is 0 Å². The summed E-state index contributed by atoms with van der Waals surface area (Å²) in [6.07, 6.45) is 0.636. The lowest BCUT2D eigenvalue weighted by molar-refractivity contribution is -0.136. The monoisotopic (exact) mass is 217 g/mol. The lowest BCUT2D eigenvalue weighted by atomic mass is 10.3. The van der Waals surface area contributed by atoms with Crippen molar-refractivity contribution in [2.75, 3.05) is 7.05 Å². The zero-order valence-electron chi connectivity index (χ0n) is 8.06. The van der Waals surface area contributed by atoms with Crippen LogP contribution in [-0.4, -0.2) is 23.1 Å². The summed E-state index contributed by atoms with van der Waals surface area (Å²) < 4.78 is 0. The van der Waals surface area contributed by atoms with E-state index in [0.717, 1.165) is 10.7 Å². The largest absolute Gasteiger partial charge is 0.481 e. The van der Waals surface area contributed by atoms with E-state index in [1.807, 2.05) is 5.38 Å². The fraction of sp³-hybridized carbons (Fsp3) is 0.500. The van der Waals surface area contributed by atoms with Crippen molar-refractivity contribution >= 4 is 17.3 Å². The zero-order valence-corrected chi connectivity index (χ0v) is 8.88. The molecule has 0 unspecified atom stereocenters. The third-order valence-electron chi connectivity index (χ3n) is 1.36. The molecule has 0 saturated heterocycles. The molecule has 1 aromatic rings. The number of aliphatic carboxylic acids is 1. The van der Waals surface area contributed by atoms with Gasteiger partial charge in [0.2, 0.25) is 0 Å². The van der Waals surface area contributed by atoms with Gasteiger partial charge >= 0.3 is 5.97 Å². The third kappa shape index (κ3) is 4.90. The van der Waals surface area contributed by atoms with Gasteiger partial charge in [0.25, 0.3) is 0 Å². The second-order valence-electron chi connectivity index (χ2n) is 2.33. The molecular formula is C8H15N3O2S. The Labute approximate surface area is 86.8 Å². The number of carboxylic acid groups (broad SMARTS) is 1. The van der Waals surface area contributed by atoms with Crippen LogP contribution in [0.15, 0.2) is 5.38 Å². The highest BCUT2D eigenvalue weighted by atomic mass is 32.1. The van der Waals surface area contributed by atoms with Crippen LogP contribution in [0.1, 0.15) is 17.1 Å². The minimum absolute atomic E-state index is 0.136. The standard InChI is InChI=1S/C7H10N2O2S.CH5N/c8-3-5-4-12-6(9-5)1-2-7(10)11;1-2/h4H,1-3,8H2,(H,10,11);2H2,1H3. The molecule has 0 saturated carbocycles. The Balaban J connectivity index is 0.000000791. The van der Waals surface area contributed by atoms with Crippen molar-refractivity contribution in [1.82, 2.24) is 4.98 Å². The number of hydrogen-bond acceptors (Lipinski definition) is 5. The van der Waals surface area contributed by atoms with E-state index in [0.29, 0.717) is 13.0 Å². The van der Waals surface area contributed by atoms with E-state index in [1.54, 1.807) is 0 Å². The molecule has 1 aromatic heterocycles. The molecule has 0 radical (unpaired) electrons. The number of hydrogen-bond donors (Lipinski definition) is 3. The van der Waals surface area contributed by atoms with Crippen LogP contribution in [0.2, 0.25) is 0 Å². The number of aryl methyl sites for hydroxylation is 1. The van der Waals surface area contributed by atoms with Gasteiger partial charge < -0.3 is 16.6 Å². The summed E-state index contributed by atoms with van der Waals surface area (Å²) in [7, 11) is 1.50. The van der Waals surface area contributed by atoms with E-state index in [4.69, 9.17) is 10.8 Å². The summed E-state index contributed by atoms with van der Waals surface area (Å²) in [6, 6.07) is 0. The molecule has 0 atom stereocenters. The van der Waals surface area contributed by atoms with Crippen LogP contribution in [-0.2, 0) is 17.8 Å². The molecule has 0 spiro atoms. The molecule has 5 nitrogen and oxygen atoms in total. The molecule has 0 fully saturated rings. The first-order chi connectivity index (χ1) is 6.72. The Hall–Kier alpha value is -0.980. The summed E-state index contributed by atoms with van der Waals surface area (Å²) in [5.74, 6) is -0.792. The first-order valence-corrected chi connectivity index (χ1v) is 5.03. The maximum Gasteiger partial charge on any atom is 0.303 e. The maximum absolute atomic E-state index is 10.2. The second-order valence-corrected chi connectivity index (χ2v) is 3.27. The van der Waals surface area contributed by atoms with Gasteiger partial charge in [-0.15, -0.1) is 11.3 Å². The predicted molar refractivity (Wildman–Crippen MR) is 56.1 cm³/mol. The molecule has 0 amide bonds. The highest BCUT2D eigenvalue weighted by Gasteiger charge is 2.03. The molecule has 6 heteroatoms. The van der Waals surface area contributed by atoms with Crippen molar-refractivity contribution < 1.29 is 9.90 Å². The molecule has 1 heterocycles. The van der Waals surface area contributed by atoms with Gasteiger partial charge in [0.05, 0.1) is 17.1 Å². The van der Waals surface area contributed by atoms with Crippen molar-refractivity contribution in [2.24, 2.45) is 11.5 Å². The van der Waals surface area contributed by atoms with E-state index in [1.165, 1.54) is 18.4 Å². The number of rotatable bonds is 4. The van der Waals surface area contributed by atoms with Gasteiger partial charge in [0.1, 0.15) is 0 Å². The van der Waals surface area contributed by atoms with Crippen molar-refractivity contribution in [1.29, 1.82) is 0 Å². The number of carbonyl (C=O) groups is 1. The maximum atomic E-state index is 10.2. The molecule has 0 aliphatic carbocycles. The van der Waals surface area contributed by atoms with E-state index in [9.17, 15) is 4.79 Å². The van der Waals surface area contributed by atoms with Crippen LogP contribution in [0, 0.1) is 0 Å². The van der Waals surface area contributed by atoms with Crippen LogP contribution in [0.5, 0.6) is 0 Å². The molecule has 0 bridgehead atoms. The molecule has 0 aliphatic heterocycles. The van der Waals surface area contributed by atoms with Gasteiger partial charge in [0, 0.05) is 18.3 Å². The second kappa shape index (κ2) is 7.43. The fourth-order valence-electron chi connectivity index (χ4n) is 0.771. The molecule has 5 N–H and O–H groups in total. The van der Waals surface area contributed by atoms with Crippen molar-refractivity contribution in [3.8, 4) is 0 Å². The highest BCUT2D eigenvalue weighted by Crippen LogP contribution is 2.10. The summed E-state index contributed by atoms with van der Waals surface area (Å²) in [5, 5.41) is 11.1. The molecule has 80 valence electrons. The van der Waals surface area contributed by atoms with Crippen molar-refractivity contribution in [2.45, 2.75) is 19.4 Å². The van der Waals surface area contributed by atoms with E-state index in [2.05, 4.69) is 10.7 Å². The average molecular weight is 217 g/mol. The summed E-state index contributed by atoms with van der Waals surface area (Å²) >= 11 is 1.46. The van der Waals surface area contributed by atoms with E-state index >= 15 is 0 Å². The molecule has 0 aliphatic rings. The lowest BCUT2D eigenvalue weighted by Gasteiger charge is -1.89. The first kappa shape index (κ1) is 13.0. The minimum atomic E-state index is -0.792. The van der Waals surface area contributed by atoms with E-state index in [-0.39, 0.29) is 6.42 Å². The third-order valence-corrected chi connectivity index (χ3v) is 2.32. The number of aromatic nitrogens is 1. The van der Waals surface area contributed by atoms with Crippen molar-refractivity contribution in [3.05, 3.63) is 16.1 Å². The quantitative estimate of drug-likeness (QED) is 0.668. The van der Waals surface area contributed by atoms with Crippen molar-refractivity contribution in [3.63, 3.8) is 0 Å². The Bertz CT molecular complexity index is 275. The Kier molecular flexibility index (Phi) is 6.91. The Morgan fingerprint density at radius 3 is 2.71 bits per heavy atom. The smallest absolute Gasteiger partial charge is 0.303 e. The summed E-state index contributed by atoms with van der Waals surface area (Å²) in [5.41, 5.74) is 10.7. The van der Waals surface area contributed by atoms with Gasteiger partial charge in [-0.2, -0.15) is 0 Å². The number of thiazole rings is 1. The number of nitrogens with zero attached hydrogens (tertiary/aromatic N) is 1. The Morgan fingerprint density at radius 1 is 1.64 bits per heavy atom. The molecular weight excluding hydrogens is 202 g/mol. The Morgan fingerprint density at radius 2 is 2.29 bits per heavy atom. The molecule has 1 rings (SSSR count). The highest BCUT2D eigenvalue weighted by molar-refractivity contribution is 7.09. The first-order valence-electron chi connectivity index (χ1n) is 4.15. The topological polar surface area (TPSA) is 102 Å². The lowest BCUT2D eigenvalue weighted by Crippen LogP contribution is -1.99. The van der Waals surface area contributed by atoms with Crippen LogP contribution in [0.3, 0.4) is 0 Å². The van der Waals surface area contributed by atoms with Gasteiger partial charge in [-0.25, -0.2) is 4.98 Å². The van der Waals surface area contributed by atoms with Crippen LogP contribution in [0.25, 0.3) is 0 Å². The number of carboxylic acids is 1. The van der Waals surface area contributed by atoms with Crippen LogP contribution >= 0.6 is 11.3 Å². The summed E-state index contributed by atoms with van der Waals surface area (Å²) in [6.45, 7) is 0.420. The van der Waals surface area contributed by atoms with Gasteiger partial charge in [0.15, 0.2) is 0 Å². The van der Waals surface area contributed by atoms with Crippen LogP contribution in [0.4, 0.5) is 0 Å². The zero-order chi connectivity index (χ0) is 11.0. The van der Waals surface area contributed by atoms with E-state index < -0.39 is 5.97 Å². The number of nitrogens with two attached hydrogens (primary N) is 2. The summed E-state index contributed by atoms with van der Waals surface area (Å²) in [4.78, 5) is 14.3. The fourth-order valence-corrected chi connectivity index (χ4v) is 1.58. The molecule has 0 aromatic carbocycles. The van der Waals surface area contributed by atoms with Crippen LogP contribution < -0.4 is 11.5 Å². The van der Waals surface area contributed by atoms with Gasteiger partial charge in [-0.05, 0) is 7.05 Å².